The van der Waals surface area contributed by atoms with Crippen LogP contribution in [-0.4, -0.2) is 46.4 Å². The summed E-state index contributed by atoms with van der Waals surface area (Å²) in [7, 11) is 1.89. The molecule has 0 spiro atoms. The normalized spacial score (nSPS) is 29.9. The molecule has 1 aliphatic carbocycles. The summed E-state index contributed by atoms with van der Waals surface area (Å²) in [5.74, 6) is 0.204. The predicted octanol–water partition coefficient (Wildman–Crippen LogP) is 4.34. The number of rotatable bonds is 2. The number of piperidine rings is 1. The summed E-state index contributed by atoms with van der Waals surface area (Å²) in [4.78, 5) is 15.9. The molecular weight excluding hydrogens is 398 g/mol. The number of likely N-dealkylation sites (N-methyl/N-ethyl adjacent to an activating group) is 1. The van der Waals surface area contributed by atoms with Crippen molar-refractivity contribution in [2.45, 2.75) is 44.7 Å². The standard InChI is InChI=1S/C27H29N3O2/c1-26(2)23-15-19-10-7-13-29(19)25(31)27(23,28-3)16-21-20-12-11-18(17-8-5-4-6-9-17)14-22(20)30(32)24(21)26/h4-6,8-9,11-12,14,16,19,23,28H,7,10,13,15H2,1-3H3/t19-,23?,27-/m0/s1. The first-order valence-corrected chi connectivity index (χ1v) is 11.7. The molecule has 4 aliphatic rings. The Morgan fingerprint density at radius 2 is 1.91 bits per heavy atom. The summed E-state index contributed by atoms with van der Waals surface area (Å²) in [5.41, 5.74) is 4.22. The second-order valence-corrected chi connectivity index (χ2v) is 10.2. The molecule has 6 rings (SSSR count). The second kappa shape index (κ2) is 6.55. The molecule has 5 heteroatoms. The average molecular weight is 428 g/mol. The molecule has 3 heterocycles. The molecule has 2 fully saturated rings. The Hall–Kier alpha value is -2.92. The largest absolute Gasteiger partial charge is 0.618 e. The number of benzene rings is 2. The Bertz CT molecular complexity index is 1200. The van der Waals surface area contributed by atoms with E-state index in [0.29, 0.717) is 5.69 Å². The van der Waals surface area contributed by atoms with Crippen molar-refractivity contribution in [3.63, 3.8) is 0 Å². The van der Waals surface area contributed by atoms with Crippen molar-refractivity contribution in [2.75, 3.05) is 13.6 Å². The van der Waals surface area contributed by atoms with Gasteiger partial charge in [-0.2, -0.15) is 4.74 Å². The highest BCUT2D eigenvalue weighted by atomic mass is 16.5. The Morgan fingerprint density at radius 3 is 2.66 bits per heavy atom. The Balaban J connectivity index is 1.56. The third-order valence-electron chi connectivity index (χ3n) is 8.39. The van der Waals surface area contributed by atoms with Gasteiger partial charge in [-0.3, -0.25) is 4.79 Å². The van der Waals surface area contributed by atoms with E-state index in [1.807, 2.05) is 37.4 Å². The summed E-state index contributed by atoms with van der Waals surface area (Å²) >= 11 is 0. The summed E-state index contributed by atoms with van der Waals surface area (Å²) in [5, 5.41) is 17.2. The lowest BCUT2D eigenvalue weighted by atomic mass is 9.56. The van der Waals surface area contributed by atoms with Crippen molar-refractivity contribution in [3.05, 3.63) is 65.4 Å². The van der Waals surface area contributed by atoms with Crippen LogP contribution in [0.5, 0.6) is 0 Å². The fraction of sp³-hybridized carbons (Fsp3) is 0.407. The van der Waals surface area contributed by atoms with Crippen LogP contribution in [0.15, 0.2) is 54.6 Å². The predicted molar refractivity (Wildman–Crippen MR) is 127 cm³/mol. The maximum absolute atomic E-state index is 13.8. The van der Waals surface area contributed by atoms with Crippen molar-refractivity contribution in [1.82, 2.24) is 10.2 Å². The van der Waals surface area contributed by atoms with Gasteiger partial charge in [0.1, 0.15) is 5.54 Å². The van der Waals surface area contributed by atoms with Crippen LogP contribution in [0.4, 0.5) is 5.69 Å². The number of amides is 1. The monoisotopic (exact) mass is 427 g/mol. The molecule has 1 amide bonds. The minimum absolute atomic E-state index is 0.0324. The quantitative estimate of drug-likeness (QED) is 0.573. The van der Waals surface area contributed by atoms with Gasteiger partial charge in [0.25, 0.3) is 0 Å². The second-order valence-electron chi connectivity index (χ2n) is 10.2. The number of carbonyl (C=O) groups is 1. The zero-order chi connectivity index (χ0) is 22.3. The maximum atomic E-state index is 13.8. The van der Waals surface area contributed by atoms with Crippen LogP contribution in [0.25, 0.3) is 16.7 Å². The maximum Gasteiger partial charge on any atom is 0.247 e. The highest BCUT2D eigenvalue weighted by Crippen LogP contribution is 2.55. The topological polar surface area (TPSA) is 58.4 Å². The average Bonchev–Trinajstić information content (AvgIpc) is 3.38. The fourth-order valence-corrected chi connectivity index (χ4v) is 6.81. The van der Waals surface area contributed by atoms with Crippen LogP contribution in [0.2, 0.25) is 0 Å². The van der Waals surface area contributed by atoms with Crippen molar-refractivity contribution < 1.29 is 9.53 Å². The van der Waals surface area contributed by atoms with Gasteiger partial charge < -0.3 is 15.4 Å². The molecule has 0 bridgehead atoms. The Labute approximate surface area is 189 Å². The summed E-state index contributed by atoms with van der Waals surface area (Å²) in [6.45, 7) is 5.14. The lowest BCUT2D eigenvalue weighted by Crippen LogP contribution is -2.70. The van der Waals surface area contributed by atoms with Crippen LogP contribution in [0.3, 0.4) is 0 Å². The minimum atomic E-state index is -0.774. The van der Waals surface area contributed by atoms with Crippen LogP contribution >= 0.6 is 0 Å². The van der Waals surface area contributed by atoms with E-state index in [1.54, 1.807) is 0 Å². The number of hydrogen-bond acceptors (Lipinski definition) is 3. The number of carbonyl (C=O) groups excluding carboxylic acids is 1. The molecule has 0 saturated carbocycles. The SMILES string of the molecule is CN[C@@]12C=C3C(=[N+]([O-])c4cc(-c5ccccc5)ccc43)C(C)(C)C1C[C@@H]1CCCN1C2=O. The molecular formula is C27H29N3O2. The van der Waals surface area contributed by atoms with Gasteiger partial charge in [0.2, 0.25) is 17.3 Å². The van der Waals surface area contributed by atoms with Crippen LogP contribution in [0, 0.1) is 16.5 Å². The zero-order valence-electron chi connectivity index (χ0n) is 18.9. The first kappa shape index (κ1) is 19.7. The number of fused-ring (bicyclic) bond motifs is 5. The highest BCUT2D eigenvalue weighted by Gasteiger charge is 2.64. The third-order valence-corrected chi connectivity index (χ3v) is 8.39. The van der Waals surface area contributed by atoms with E-state index in [4.69, 9.17) is 0 Å². The molecule has 3 aliphatic heterocycles. The van der Waals surface area contributed by atoms with Gasteiger partial charge in [0.05, 0.1) is 16.6 Å². The summed E-state index contributed by atoms with van der Waals surface area (Å²) in [6, 6.07) is 16.6. The van der Waals surface area contributed by atoms with Crippen molar-refractivity contribution >= 4 is 22.9 Å². The molecule has 2 aromatic rings. The summed E-state index contributed by atoms with van der Waals surface area (Å²) in [6.07, 6.45) is 5.13. The molecule has 5 nitrogen and oxygen atoms in total. The molecule has 0 aromatic heterocycles. The van der Waals surface area contributed by atoms with E-state index in [1.165, 1.54) is 0 Å². The minimum Gasteiger partial charge on any atom is -0.618 e. The lowest BCUT2D eigenvalue weighted by Gasteiger charge is -2.54. The number of nitrogens with one attached hydrogen (secondary N) is 1. The van der Waals surface area contributed by atoms with Gasteiger partial charge >= 0.3 is 0 Å². The van der Waals surface area contributed by atoms with Crippen LogP contribution < -0.4 is 5.32 Å². The number of allylic oxidation sites excluding steroid dienone is 1. The molecule has 2 saturated heterocycles. The van der Waals surface area contributed by atoms with Crippen LogP contribution in [0.1, 0.15) is 38.7 Å². The van der Waals surface area contributed by atoms with E-state index in [9.17, 15) is 10.0 Å². The summed E-state index contributed by atoms with van der Waals surface area (Å²) < 4.78 is 1.14. The third kappa shape index (κ3) is 2.37. The van der Waals surface area contributed by atoms with E-state index in [-0.39, 0.29) is 17.9 Å². The molecule has 164 valence electrons. The molecule has 1 unspecified atom stereocenters. The highest BCUT2D eigenvalue weighted by molar-refractivity contribution is 6.29. The van der Waals surface area contributed by atoms with Gasteiger partial charge in [-0.05, 0) is 63.4 Å². The van der Waals surface area contributed by atoms with Gasteiger partial charge in [-0.1, -0.05) is 36.4 Å². The van der Waals surface area contributed by atoms with E-state index in [0.717, 1.165) is 58.5 Å². The van der Waals surface area contributed by atoms with Gasteiger partial charge in [0, 0.05) is 24.6 Å². The lowest BCUT2D eigenvalue weighted by molar-refractivity contribution is -0.362. The first-order chi connectivity index (χ1) is 15.4. The number of nitrogens with zero attached hydrogens (tertiary/aromatic N) is 2. The van der Waals surface area contributed by atoms with Crippen molar-refractivity contribution in [1.29, 1.82) is 0 Å². The van der Waals surface area contributed by atoms with E-state index < -0.39 is 11.0 Å². The Morgan fingerprint density at radius 1 is 1.12 bits per heavy atom. The Kier molecular flexibility index (Phi) is 4.04. The fourth-order valence-electron chi connectivity index (χ4n) is 6.81. The molecule has 2 aromatic carbocycles. The number of hydrogen-bond donors (Lipinski definition) is 1. The first-order valence-electron chi connectivity index (χ1n) is 11.7. The van der Waals surface area contributed by atoms with E-state index >= 15 is 0 Å². The molecule has 1 N–H and O–H groups in total. The van der Waals surface area contributed by atoms with Gasteiger partial charge in [-0.25, -0.2) is 0 Å². The van der Waals surface area contributed by atoms with Crippen LogP contribution in [-0.2, 0) is 4.79 Å². The van der Waals surface area contributed by atoms with Crippen molar-refractivity contribution in [2.24, 2.45) is 11.3 Å². The van der Waals surface area contributed by atoms with E-state index in [2.05, 4.69) is 48.3 Å². The smallest absolute Gasteiger partial charge is 0.247 e. The molecule has 0 radical (unpaired) electrons. The van der Waals surface area contributed by atoms with Crippen molar-refractivity contribution in [3.8, 4) is 11.1 Å². The molecule has 3 atom stereocenters. The molecule has 32 heavy (non-hydrogen) atoms. The zero-order valence-corrected chi connectivity index (χ0v) is 18.9. The van der Waals surface area contributed by atoms with Gasteiger partial charge in [0.15, 0.2) is 0 Å². The van der Waals surface area contributed by atoms with Gasteiger partial charge in [-0.15, -0.1) is 0 Å².